The predicted molar refractivity (Wildman–Crippen MR) is 61.5 cm³/mol. The summed E-state index contributed by atoms with van der Waals surface area (Å²) in [7, 11) is 0. The molecule has 0 aliphatic rings. The van der Waals surface area contributed by atoms with Crippen LogP contribution >= 0.6 is 0 Å². The maximum Gasteiger partial charge on any atom is 0.247 e. The molecule has 0 spiro atoms. The fourth-order valence-electron chi connectivity index (χ4n) is 1.87. The molecule has 3 aromatic rings. The number of rotatable bonds is 1. The summed E-state index contributed by atoms with van der Waals surface area (Å²) >= 11 is 0. The Labute approximate surface area is 105 Å². The van der Waals surface area contributed by atoms with Gasteiger partial charge in [-0.1, -0.05) is 18.2 Å². The fourth-order valence-corrected chi connectivity index (χ4v) is 1.87. The van der Waals surface area contributed by atoms with E-state index in [-0.39, 0.29) is 18.2 Å². The van der Waals surface area contributed by atoms with Gasteiger partial charge in [0.15, 0.2) is 11.0 Å². The molecule has 0 amide bonds. The van der Waals surface area contributed by atoms with Crippen LogP contribution in [0.25, 0.3) is 16.7 Å². The van der Waals surface area contributed by atoms with Crippen LogP contribution in [0.2, 0.25) is 0 Å². The van der Waals surface area contributed by atoms with Crippen LogP contribution < -0.4 is 17.0 Å². The van der Waals surface area contributed by atoms with Crippen LogP contribution in [-0.4, -0.2) is 10.1 Å². The van der Waals surface area contributed by atoms with Crippen molar-refractivity contribution in [3.8, 4) is 11.4 Å². The smallest absolute Gasteiger partial charge is 0.247 e. The van der Waals surface area contributed by atoms with Crippen molar-refractivity contribution < 1.29 is 22.1 Å². The summed E-state index contributed by atoms with van der Waals surface area (Å²) in [4.78, 5) is 3.19. The Hall–Kier alpha value is -2.00. The maximum absolute atomic E-state index is 9.46. The monoisotopic (exact) mass is 246 g/mol. The van der Waals surface area contributed by atoms with Gasteiger partial charge in [0.2, 0.25) is 6.33 Å². The van der Waals surface area contributed by atoms with E-state index in [1.54, 1.807) is 12.1 Å². The average molecular weight is 247 g/mol. The number of phenolic OH excluding ortho intramolecular Hbond substituents is 1. The van der Waals surface area contributed by atoms with Gasteiger partial charge in [-0.3, -0.25) is 0 Å². The summed E-state index contributed by atoms with van der Waals surface area (Å²) in [6.45, 7) is 0. The Kier molecular flexibility index (Phi) is 3.02. The molecular formula is C13H11ClN2O. The number of para-hydroxylation sites is 2. The van der Waals surface area contributed by atoms with E-state index in [1.807, 2.05) is 47.3 Å². The summed E-state index contributed by atoms with van der Waals surface area (Å²) in [5.41, 5.74) is 3.11. The van der Waals surface area contributed by atoms with Crippen molar-refractivity contribution in [2.24, 2.45) is 0 Å². The van der Waals surface area contributed by atoms with Gasteiger partial charge in [-0.25, -0.2) is 4.98 Å². The van der Waals surface area contributed by atoms with Gasteiger partial charge < -0.3 is 17.5 Å². The van der Waals surface area contributed by atoms with E-state index in [9.17, 15) is 5.11 Å². The Morgan fingerprint density at radius 3 is 2.65 bits per heavy atom. The zero-order valence-electron chi connectivity index (χ0n) is 8.97. The summed E-state index contributed by atoms with van der Waals surface area (Å²) < 4.78 is 2.01. The first-order chi connectivity index (χ1) is 7.84. The third kappa shape index (κ3) is 1.97. The van der Waals surface area contributed by atoms with Crippen LogP contribution in [0.15, 0.2) is 54.9 Å². The molecule has 86 valence electrons. The standard InChI is InChI=1S/C13H10N2O.ClH/c16-11-5-3-4-10(8-11)15-9-14-12-6-1-2-7-13(12)15;/h1-9,16H;1H. The van der Waals surface area contributed by atoms with Crippen molar-refractivity contribution in [1.29, 1.82) is 0 Å². The van der Waals surface area contributed by atoms with Crippen molar-refractivity contribution in [1.82, 2.24) is 4.98 Å². The zero-order chi connectivity index (χ0) is 11.0. The number of hydrogen-bond acceptors (Lipinski definition) is 1. The van der Waals surface area contributed by atoms with E-state index in [0.717, 1.165) is 16.7 Å². The van der Waals surface area contributed by atoms with Crippen LogP contribution in [0, 0.1) is 0 Å². The number of aromatic hydroxyl groups is 1. The first-order valence-corrected chi connectivity index (χ1v) is 5.12. The van der Waals surface area contributed by atoms with Gasteiger partial charge in [-0.2, -0.15) is 4.57 Å². The van der Waals surface area contributed by atoms with Crippen molar-refractivity contribution >= 4 is 11.0 Å². The third-order valence-electron chi connectivity index (χ3n) is 2.62. The number of hydrogen-bond donors (Lipinski definition) is 2. The fraction of sp³-hybridized carbons (Fsp3) is 0. The second-order valence-electron chi connectivity index (χ2n) is 3.68. The second kappa shape index (κ2) is 4.47. The molecule has 2 aromatic carbocycles. The van der Waals surface area contributed by atoms with E-state index < -0.39 is 0 Å². The van der Waals surface area contributed by atoms with Crippen molar-refractivity contribution in [3.05, 3.63) is 54.9 Å². The van der Waals surface area contributed by atoms with Crippen LogP contribution in [0.4, 0.5) is 0 Å². The first kappa shape index (κ1) is 11.5. The number of fused-ring (bicyclic) bond motifs is 1. The van der Waals surface area contributed by atoms with Gasteiger partial charge in [0, 0.05) is 6.07 Å². The van der Waals surface area contributed by atoms with Gasteiger partial charge in [0.05, 0.1) is 0 Å². The van der Waals surface area contributed by atoms with Crippen LogP contribution in [0.5, 0.6) is 5.75 Å². The number of H-pyrrole nitrogens is 1. The first-order valence-electron chi connectivity index (χ1n) is 5.12. The minimum Gasteiger partial charge on any atom is -1.00 e. The van der Waals surface area contributed by atoms with E-state index in [1.165, 1.54) is 0 Å². The minimum atomic E-state index is 0. The third-order valence-corrected chi connectivity index (χ3v) is 2.62. The molecule has 1 heterocycles. The summed E-state index contributed by atoms with van der Waals surface area (Å²) in [5.74, 6) is 0.273. The Balaban J connectivity index is 0.00000108. The van der Waals surface area contributed by atoms with E-state index in [2.05, 4.69) is 4.98 Å². The SMILES string of the molecule is Oc1cccc(-[n+]2c[nH]c3ccccc32)c1.[Cl-]. The summed E-state index contributed by atoms with van der Waals surface area (Å²) in [6.07, 6.45) is 1.89. The molecule has 0 aliphatic carbocycles. The van der Waals surface area contributed by atoms with E-state index in [4.69, 9.17) is 0 Å². The molecule has 0 atom stereocenters. The lowest BCUT2D eigenvalue weighted by Gasteiger charge is -1.97. The number of benzene rings is 2. The van der Waals surface area contributed by atoms with Gasteiger partial charge in [0.25, 0.3) is 0 Å². The molecule has 0 aliphatic heterocycles. The highest BCUT2D eigenvalue weighted by atomic mass is 35.5. The quantitative estimate of drug-likeness (QED) is 0.540. The van der Waals surface area contributed by atoms with Crippen LogP contribution in [-0.2, 0) is 0 Å². The molecule has 3 rings (SSSR count). The lowest BCUT2D eigenvalue weighted by atomic mass is 10.2. The maximum atomic E-state index is 9.46. The normalized spacial score (nSPS) is 10.1. The average Bonchev–Trinajstić information content (AvgIpc) is 2.72. The van der Waals surface area contributed by atoms with Crippen molar-refractivity contribution in [3.63, 3.8) is 0 Å². The Morgan fingerprint density at radius 1 is 1.00 bits per heavy atom. The second-order valence-corrected chi connectivity index (χ2v) is 3.68. The highest BCUT2D eigenvalue weighted by molar-refractivity contribution is 5.71. The number of phenols is 1. The number of aromatic nitrogens is 2. The number of imidazole rings is 1. The van der Waals surface area contributed by atoms with Crippen molar-refractivity contribution in [2.45, 2.75) is 0 Å². The number of nitrogens with one attached hydrogen (secondary N) is 1. The van der Waals surface area contributed by atoms with Gasteiger partial charge >= 0.3 is 0 Å². The zero-order valence-corrected chi connectivity index (χ0v) is 9.72. The lowest BCUT2D eigenvalue weighted by Crippen LogP contribution is -3.00. The Bertz CT molecular complexity index is 648. The highest BCUT2D eigenvalue weighted by Crippen LogP contribution is 2.13. The topological polar surface area (TPSA) is 39.9 Å². The predicted octanol–water partition coefficient (Wildman–Crippen LogP) is -0.846. The summed E-state index contributed by atoms with van der Waals surface area (Å²) in [6, 6.07) is 15.2. The van der Waals surface area contributed by atoms with Gasteiger partial charge in [-0.05, 0) is 24.3 Å². The molecule has 0 saturated heterocycles. The van der Waals surface area contributed by atoms with Crippen molar-refractivity contribution in [2.75, 3.05) is 0 Å². The Morgan fingerprint density at radius 2 is 1.82 bits per heavy atom. The lowest BCUT2D eigenvalue weighted by molar-refractivity contribution is -0.567. The molecular weight excluding hydrogens is 236 g/mol. The molecule has 0 saturated carbocycles. The number of nitrogens with zero attached hydrogens (tertiary/aromatic N) is 1. The summed E-state index contributed by atoms with van der Waals surface area (Å²) in [5, 5.41) is 9.46. The number of aromatic amines is 1. The molecule has 0 unspecified atom stereocenters. The molecule has 1 aromatic heterocycles. The highest BCUT2D eigenvalue weighted by Gasteiger charge is 2.10. The largest absolute Gasteiger partial charge is 1.00 e. The molecule has 0 radical (unpaired) electrons. The van der Waals surface area contributed by atoms with E-state index in [0.29, 0.717) is 0 Å². The molecule has 3 nitrogen and oxygen atoms in total. The van der Waals surface area contributed by atoms with Gasteiger partial charge in [-0.15, -0.1) is 0 Å². The van der Waals surface area contributed by atoms with Gasteiger partial charge in [0.1, 0.15) is 11.4 Å². The molecule has 0 fully saturated rings. The molecule has 17 heavy (non-hydrogen) atoms. The molecule has 4 heteroatoms. The van der Waals surface area contributed by atoms with Crippen LogP contribution in [0.1, 0.15) is 0 Å². The molecule has 0 bridgehead atoms. The van der Waals surface area contributed by atoms with E-state index >= 15 is 0 Å². The number of halogens is 1. The molecule has 2 N–H and O–H groups in total. The van der Waals surface area contributed by atoms with Crippen LogP contribution in [0.3, 0.4) is 0 Å². The minimum absolute atomic E-state index is 0.